The first-order valence-corrected chi connectivity index (χ1v) is 6.33. The fourth-order valence-electron chi connectivity index (χ4n) is 1.90. The van der Waals surface area contributed by atoms with Crippen LogP contribution >= 0.6 is 11.6 Å². The van der Waals surface area contributed by atoms with Crippen LogP contribution in [0.25, 0.3) is 0 Å². The van der Waals surface area contributed by atoms with E-state index < -0.39 is 5.69 Å². The maximum Gasteiger partial charge on any atom is 0.329 e. The van der Waals surface area contributed by atoms with E-state index in [4.69, 9.17) is 16.3 Å². The van der Waals surface area contributed by atoms with Gasteiger partial charge in [-0.05, 0) is 12.3 Å². The fraction of sp³-hybridized carbons (Fsp3) is 0.667. The molecule has 0 amide bonds. The molecule has 6 heteroatoms. The molecule has 1 unspecified atom stereocenters. The minimum atomic E-state index is -0.488. The molecule has 1 atom stereocenters. The van der Waals surface area contributed by atoms with Gasteiger partial charge in [0.25, 0.3) is 5.56 Å². The lowest BCUT2D eigenvalue weighted by molar-refractivity contribution is 0.128. The van der Waals surface area contributed by atoms with Crippen LogP contribution in [-0.4, -0.2) is 23.3 Å². The molecule has 0 aliphatic heterocycles. The number of aromatic nitrogens is 2. The van der Waals surface area contributed by atoms with Gasteiger partial charge in [0, 0.05) is 7.11 Å². The number of methoxy groups -OCH3 is 1. The second kappa shape index (κ2) is 6.20. The third kappa shape index (κ3) is 2.84. The number of nitrogens with zero attached hydrogens (tertiary/aromatic N) is 1. The summed E-state index contributed by atoms with van der Waals surface area (Å²) in [6, 6.07) is -0.297. The van der Waals surface area contributed by atoms with E-state index in [2.05, 4.69) is 4.98 Å². The molecule has 0 aromatic carbocycles. The van der Waals surface area contributed by atoms with E-state index >= 15 is 0 Å². The zero-order valence-electron chi connectivity index (χ0n) is 11.1. The number of halogens is 1. The van der Waals surface area contributed by atoms with Crippen LogP contribution < -0.4 is 11.2 Å². The van der Waals surface area contributed by atoms with Gasteiger partial charge in [-0.25, -0.2) is 4.79 Å². The van der Waals surface area contributed by atoms with E-state index in [0.29, 0.717) is 18.6 Å². The topological polar surface area (TPSA) is 64.1 Å². The van der Waals surface area contributed by atoms with Gasteiger partial charge in [0.2, 0.25) is 0 Å². The lowest BCUT2D eigenvalue weighted by Crippen LogP contribution is -2.43. The monoisotopic (exact) mass is 274 g/mol. The van der Waals surface area contributed by atoms with E-state index in [0.717, 1.165) is 0 Å². The standard InChI is InChI=1S/C12H19ClN2O3/c1-5-8-10(13)14-12(17)15(11(8)16)9(6-18-4)7(2)3/h7,9H,5-6H2,1-4H3,(H,14,17). The van der Waals surface area contributed by atoms with Crippen molar-refractivity contribution in [2.75, 3.05) is 13.7 Å². The van der Waals surface area contributed by atoms with E-state index in [9.17, 15) is 9.59 Å². The van der Waals surface area contributed by atoms with Crippen LogP contribution in [-0.2, 0) is 11.2 Å². The molecule has 0 saturated carbocycles. The van der Waals surface area contributed by atoms with Crippen molar-refractivity contribution in [1.82, 2.24) is 9.55 Å². The Bertz CT molecular complexity index is 519. The molecule has 0 spiro atoms. The summed E-state index contributed by atoms with van der Waals surface area (Å²) >= 11 is 5.87. The Morgan fingerprint density at radius 2 is 2.00 bits per heavy atom. The van der Waals surface area contributed by atoms with Crippen molar-refractivity contribution in [3.63, 3.8) is 0 Å². The minimum Gasteiger partial charge on any atom is -0.383 e. The molecule has 0 bridgehead atoms. The number of H-pyrrole nitrogens is 1. The van der Waals surface area contributed by atoms with Gasteiger partial charge in [-0.2, -0.15) is 0 Å². The number of hydrogen-bond acceptors (Lipinski definition) is 3. The molecule has 0 aliphatic carbocycles. The van der Waals surface area contributed by atoms with Gasteiger partial charge in [-0.1, -0.05) is 32.4 Å². The summed E-state index contributed by atoms with van der Waals surface area (Å²) in [6.07, 6.45) is 0.478. The summed E-state index contributed by atoms with van der Waals surface area (Å²) in [5.41, 5.74) is -0.391. The van der Waals surface area contributed by atoms with Crippen LogP contribution in [0.4, 0.5) is 0 Å². The zero-order chi connectivity index (χ0) is 13.9. The van der Waals surface area contributed by atoms with E-state index in [1.165, 1.54) is 4.57 Å². The molecule has 0 fully saturated rings. The lowest BCUT2D eigenvalue weighted by atomic mass is 10.0. The molecule has 1 N–H and O–H groups in total. The Balaban J connectivity index is 3.48. The average molecular weight is 275 g/mol. The molecule has 0 saturated heterocycles. The first kappa shape index (κ1) is 15.0. The molecule has 0 radical (unpaired) electrons. The third-order valence-electron chi connectivity index (χ3n) is 2.97. The highest BCUT2D eigenvalue weighted by Gasteiger charge is 2.21. The van der Waals surface area contributed by atoms with E-state index in [1.807, 2.05) is 20.8 Å². The van der Waals surface area contributed by atoms with Crippen LogP contribution in [0, 0.1) is 5.92 Å². The second-order valence-corrected chi connectivity index (χ2v) is 4.90. The molecule has 1 aromatic rings. The van der Waals surface area contributed by atoms with Crippen molar-refractivity contribution in [3.05, 3.63) is 31.6 Å². The number of rotatable bonds is 5. The van der Waals surface area contributed by atoms with Gasteiger partial charge in [-0.15, -0.1) is 0 Å². The Hall–Kier alpha value is -1.07. The number of aromatic amines is 1. The summed E-state index contributed by atoms with van der Waals surface area (Å²) < 4.78 is 6.30. The van der Waals surface area contributed by atoms with Crippen molar-refractivity contribution in [2.24, 2.45) is 5.92 Å². The van der Waals surface area contributed by atoms with Crippen molar-refractivity contribution in [1.29, 1.82) is 0 Å². The SMILES string of the molecule is CCc1c(Cl)[nH]c(=O)n(C(COC)C(C)C)c1=O. The summed E-state index contributed by atoms with van der Waals surface area (Å²) in [4.78, 5) is 26.7. The van der Waals surface area contributed by atoms with E-state index in [-0.39, 0.29) is 22.7 Å². The Kier molecular flexibility index (Phi) is 5.16. The molecule has 102 valence electrons. The first-order valence-electron chi connectivity index (χ1n) is 5.96. The molecule has 1 heterocycles. The van der Waals surface area contributed by atoms with Crippen LogP contribution in [0.2, 0.25) is 5.15 Å². The maximum absolute atomic E-state index is 12.3. The Morgan fingerprint density at radius 1 is 1.39 bits per heavy atom. The van der Waals surface area contributed by atoms with Gasteiger partial charge in [0.15, 0.2) is 0 Å². The summed E-state index contributed by atoms with van der Waals surface area (Å²) in [5, 5.41) is 0.128. The lowest BCUT2D eigenvalue weighted by Gasteiger charge is -2.22. The number of ether oxygens (including phenoxy) is 1. The maximum atomic E-state index is 12.3. The van der Waals surface area contributed by atoms with Crippen molar-refractivity contribution in [3.8, 4) is 0 Å². The van der Waals surface area contributed by atoms with Gasteiger partial charge in [0.05, 0.1) is 18.2 Å². The normalized spacial score (nSPS) is 13.0. The molecule has 1 aromatic heterocycles. The summed E-state index contributed by atoms with van der Waals surface area (Å²) in [6.45, 7) is 6.02. The van der Waals surface area contributed by atoms with Gasteiger partial charge >= 0.3 is 5.69 Å². The van der Waals surface area contributed by atoms with Crippen molar-refractivity contribution in [2.45, 2.75) is 33.2 Å². The van der Waals surface area contributed by atoms with Crippen LogP contribution in [0.3, 0.4) is 0 Å². The molecular formula is C12H19ClN2O3. The summed E-state index contributed by atoms with van der Waals surface area (Å²) in [5.74, 6) is 0.106. The highest BCUT2D eigenvalue weighted by Crippen LogP contribution is 2.15. The molecule has 1 rings (SSSR count). The second-order valence-electron chi connectivity index (χ2n) is 4.52. The summed E-state index contributed by atoms with van der Waals surface area (Å²) in [7, 11) is 1.55. The predicted molar refractivity (Wildman–Crippen MR) is 71.5 cm³/mol. The van der Waals surface area contributed by atoms with Crippen LogP contribution in [0.5, 0.6) is 0 Å². The average Bonchev–Trinajstić information content (AvgIpc) is 2.27. The molecule has 18 heavy (non-hydrogen) atoms. The van der Waals surface area contributed by atoms with Gasteiger partial charge in [0.1, 0.15) is 5.15 Å². The first-order chi connectivity index (χ1) is 8.43. The predicted octanol–water partition coefficient (Wildman–Crippen LogP) is 1.60. The van der Waals surface area contributed by atoms with Crippen molar-refractivity contribution >= 4 is 11.6 Å². The quantitative estimate of drug-likeness (QED) is 0.830. The third-order valence-corrected chi connectivity index (χ3v) is 3.29. The highest BCUT2D eigenvalue weighted by atomic mass is 35.5. The molecule has 5 nitrogen and oxygen atoms in total. The zero-order valence-corrected chi connectivity index (χ0v) is 11.9. The minimum absolute atomic E-state index is 0.106. The van der Waals surface area contributed by atoms with Crippen molar-refractivity contribution < 1.29 is 4.74 Å². The fourth-order valence-corrected chi connectivity index (χ4v) is 2.20. The van der Waals surface area contributed by atoms with Gasteiger partial charge < -0.3 is 4.74 Å². The van der Waals surface area contributed by atoms with Crippen LogP contribution in [0.15, 0.2) is 9.59 Å². The Labute approximate surface area is 111 Å². The highest BCUT2D eigenvalue weighted by molar-refractivity contribution is 6.30. The Morgan fingerprint density at radius 3 is 2.44 bits per heavy atom. The smallest absolute Gasteiger partial charge is 0.329 e. The van der Waals surface area contributed by atoms with Crippen LogP contribution in [0.1, 0.15) is 32.4 Å². The molecular weight excluding hydrogens is 256 g/mol. The molecule has 0 aliphatic rings. The largest absolute Gasteiger partial charge is 0.383 e. The number of nitrogens with one attached hydrogen (secondary N) is 1. The van der Waals surface area contributed by atoms with Gasteiger partial charge in [-0.3, -0.25) is 14.3 Å². The number of hydrogen-bond donors (Lipinski definition) is 1. The van der Waals surface area contributed by atoms with E-state index in [1.54, 1.807) is 7.11 Å².